The maximum Gasteiger partial charge on any atom is 0.350 e. The summed E-state index contributed by atoms with van der Waals surface area (Å²) in [5, 5.41) is 0. The van der Waals surface area contributed by atoms with E-state index in [1.54, 1.807) is 24.3 Å². The van der Waals surface area contributed by atoms with E-state index in [2.05, 4.69) is 109 Å². The van der Waals surface area contributed by atoms with Gasteiger partial charge in [-0.15, -0.1) is 0 Å². The molecule has 4 nitrogen and oxygen atoms in total. The van der Waals surface area contributed by atoms with E-state index >= 15 is 0 Å². The van der Waals surface area contributed by atoms with Gasteiger partial charge in [0.15, 0.2) is 0 Å². The van der Waals surface area contributed by atoms with Gasteiger partial charge in [0.05, 0.1) is 8.96 Å². The minimum atomic E-state index is -0.578. The first-order chi connectivity index (χ1) is 13.5. The molecule has 2 aromatic carbocycles. The smallest absolute Gasteiger partial charge is 0.350 e. The monoisotopic (exact) mass is 794 g/mol. The van der Waals surface area contributed by atoms with E-state index < -0.39 is 11.9 Å². The van der Waals surface area contributed by atoms with Crippen molar-refractivity contribution >= 4 is 119 Å². The van der Waals surface area contributed by atoms with Gasteiger partial charge in [-0.05, 0) is 120 Å². The third kappa shape index (κ3) is 7.05. The Labute approximate surface area is 221 Å². The molecule has 0 unspecified atom stereocenters. The lowest BCUT2D eigenvalue weighted by Crippen LogP contribution is -2.07. The Morgan fingerprint density at radius 3 is 1.21 bits per heavy atom. The molecule has 0 atom stereocenters. The second kappa shape index (κ2) is 11.1. The van der Waals surface area contributed by atoms with Crippen LogP contribution in [0.2, 0.25) is 0 Å². The summed E-state index contributed by atoms with van der Waals surface area (Å²) in [5.41, 5.74) is 0. The number of hydrogen-bond acceptors (Lipinski definition) is 5. The second-order valence-electron chi connectivity index (χ2n) is 5.12. The molecule has 29 heavy (non-hydrogen) atoms. The maximum atomic E-state index is 11.7. The molecule has 11 heteroatoms. The van der Waals surface area contributed by atoms with Gasteiger partial charge in [0.2, 0.25) is 0 Å². The van der Waals surface area contributed by atoms with E-state index in [-0.39, 0.29) is 8.96 Å². The normalized spacial score (nSPS) is 10.4. The van der Waals surface area contributed by atoms with Crippen LogP contribution in [-0.4, -0.2) is 11.9 Å². The number of hydrogen-bond donors (Lipinski definition) is 0. The molecule has 0 aliphatic rings. The van der Waals surface area contributed by atoms with Gasteiger partial charge in [0, 0.05) is 27.7 Å². The highest BCUT2D eigenvalue weighted by Crippen LogP contribution is 2.47. The molecular formula is C18H8Br6O4S. The number of carbonyl (C=O) groups is 2. The molecule has 2 aromatic rings. The molecule has 0 aliphatic heterocycles. The van der Waals surface area contributed by atoms with Gasteiger partial charge in [-0.3, -0.25) is 0 Å². The first-order valence-corrected chi connectivity index (χ1v) is 12.9. The highest BCUT2D eigenvalue weighted by molar-refractivity contribution is 9.12. The highest BCUT2D eigenvalue weighted by atomic mass is 79.9. The molecule has 0 radical (unpaired) electrons. The molecule has 0 aromatic heterocycles. The summed E-state index contributed by atoms with van der Waals surface area (Å²) >= 11 is 21.4. The van der Waals surface area contributed by atoms with Crippen molar-refractivity contribution in [1.29, 1.82) is 0 Å². The van der Waals surface area contributed by atoms with Crippen LogP contribution in [0.25, 0.3) is 0 Å². The molecule has 0 saturated carbocycles. The van der Waals surface area contributed by atoms with Crippen molar-refractivity contribution < 1.29 is 19.1 Å². The molecule has 2 rings (SSSR count). The summed E-state index contributed by atoms with van der Waals surface area (Å²) in [6.07, 6.45) is 0. The predicted molar refractivity (Wildman–Crippen MR) is 135 cm³/mol. The molecule has 152 valence electrons. The Balaban J connectivity index is 2.32. The van der Waals surface area contributed by atoms with Crippen molar-refractivity contribution in [2.24, 2.45) is 0 Å². The van der Waals surface area contributed by atoms with Gasteiger partial charge in [0.1, 0.15) is 11.5 Å². The zero-order valence-electron chi connectivity index (χ0n) is 14.0. The van der Waals surface area contributed by atoms with Gasteiger partial charge in [-0.1, -0.05) is 24.9 Å². The molecular weight excluding hydrogens is 792 g/mol. The number of esters is 2. The van der Waals surface area contributed by atoms with Gasteiger partial charge in [0.25, 0.3) is 0 Å². The number of halogens is 6. The number of ether oxygens (including phenoxy) is 2. The second-order valence-corrected chi connectivity index (χ2v) is 11.5. The topological polar surface area (TPSA) is 52.6 Å². The maximum absolute atomic E-state index is 11.7. The van der Waals surface area contributed by atoms with Gasteiger partial charge >= 0.3 is 11.9 Å². The fourth-order valence-corrected chi connectivity index (χ4v) is 6.06. The van der Waals surface area contributed by atoms with Crippen LogP contribution in [0.3, 0.4) is 0 Å². The summed E-state index contributed by atoms with van der Waals surface area (Å²) in [5.74, 6) is -0.444. The van der Waals surface area contributed by atoms with Gasteiger partial charge in [-0.2, -0.15) is 0 Å². The van der Waals surface area contributed by atoms with Crippen LogP contribution in [0.5, 0.6) is 11.5 Å². The molecule has 0 amide bonds. The molecule has 0 heterocycles. The van der Waals surface area contributed by atoms with Crippen LogP contribution in [0.4, 0.5) is 0 Å². The number of carbonyl (C=O) groups excluding carboxylic acids is 2. The van der Waals surface area contributed by atoms with E-state index in [1.165, 1.54) is 11.8 Å². The van der Waals surface area contributed by atoms with Crippen LogP contribution in [-0.2, 0) is 9.59 Å². The largest absolute Gasteiger partial charge is 0.422 e. The number of benzene rings is 2. The van der Waals surface area contributed by atoms with Gasteiger partial charge < -0.3 is 9.47 Å². The fourth-order valence-electron chi connectivity index (χ4n) is 1.81. The third-order valence-electron chi connectivity index (χ3n) is 3.01. The fraction of sp³-hybridized carbons (Fsp3) is 0. The quantitative estimate of drug-likeness (QED) is 0.167. The zero-order chi connectivity index (χ0) is 21.9. The molecule has 0 N–H and O–H groups in total. The lowest BCUT2D eigenvalue weighted by Gasteiger charge is -2.14. The third-order valence-corrected chi connectivity index (χ3v) is 8.50. The first-order valence-electron chi connectivity index (χ1n) is 7.28. The average molecular weight is 800 g/mol. The summed E-state index contributed by atoms with van der Waals surface area (Å²) in [4.78, 5) is 25.1. The molecule has 0 fully saturated rings. The molecule has 0 spiro atoms. The lowest BCUT2D eigenvalue weighted by molar-refractivity contribution is -0.130. The Hall–Kier alpha value is 0.0900. The number of rotatable bonds is 6. The van der Waals surface area contributed by atoms with Gasteiger partial charge in [-0.25, -0.2) is 9.59 Å². The van der Waals surface area contributed by atoms with E-state index in [0.29, 0.717) is 29.4 Å². The Morgan fingerprint density at radius 2 is 0.966 bits per heavy atom. The standard InChI is InChI=1S/C18H8Br6O4S/c1-7(19)17(25)27-9-3-11(21)15(12(22)4-9)29-16-13(23)5-10(6-14(16)24)28-18(26)8(2)20/h3-6H,1-2H2. The van der Waals surface area contributed by atoms with Crippen molar-refractivity contribution in [3.8, 4) is 11.5 Å². The molecule has 0 saturated heterocycles. The van der Waals surface area contributed by atoms with Crippen molar-refractivity contribution in [3.05, 3.63) is 64.3 Å². The van der Waals surface area contributed by atoms with Crippen molar-refractivity contribution in [2.45, 2.75) is 9.79 Å². The van der Waals surface area contributed by atoms with E-state index in [1.807, 2.05) is 0 Å². The zero-order valence-corrected chi connectivity index (χ0v) is 24.4. The lowest BCUT2D eigenvalue weighted by atomic mass is 10.3. The first kappa shape index (κ1) is 25.4. The molecule has 0 aliphatic carbocycles. The van der Waals surface area contributed by atoms with Crippen LogP contribution in [0.15, 0.2) is 74.1 Å². The summed E-state index contributed by atoms with van der Waals surface area (Å²) in [6.45, 7) is 6.98. The highest BCUT2D eigenvalue weighted by Gasteiger charge is 2.18. The van der Waals surface area contributed by atoms with Crippen LogP contribution >= 0.6 is 107 Å². The summed E-state index contributed by atoms with van der Waals surface area (Å²) in [6, 6.07) is 6.72. The van der Waals surface area contributed by atoms with Crippen LogP contribution in [0.1, 0.15) is 0 Å². The van der Waals surface area contributed by atoms with Crippen molar-refractivity contribution in [2.75, 3.05) is 0 Å². The van der Waals surface area contributed by atoms with E-state index in [9.17, 15) is 9.59 Å². The summed E-state index contributed by atoms with van der Waals surface area (Å²) < 4.78 is 13.6. The Morgan fingerprint density at radius 1 is 0.690 bits per heavy atom. The molecule has 0 bridgehead atoms. The minimum Gasteiger partial charge on any atom is -0.422 e. The minimum absolute atomic E-state index is 0.125. The average Bonchev–Trinajstić information content (AvgIpc) is 2.59. The predicted octanol–water partition coefficient (Wildman–Crippen LogP) is 8.52. The summed E-state index contributed by atoms with van der Waals surface area (Å²) in [7, 11) is 0. The SMILES string of the molecule is C=C(Br)C(=O)Oc1cc(Br)c(Sc2c(Br)cc(OC(=O)C(=C)Br)cc2Br)c(Br)c1. The van der Waals surface area contributed by atoms with E-state index in [4.69, 9.17) is 9.47 Å². The van der Waals surface area contributed by atoms with E-state index in [0.717, 1.165) is 9.79 Å². The van der Waals surface area contributed by atoms with Crippen LogP contribution in [0, 0.1) is 0 Å². The van der Waals surface area contributed by atoms with Crippen LogP contribution < -0.4 is 9.47 Å². The van der Waals surface area contributed by atoms with Crippen molar-refractivity contribution in [3.63, 3.8) is 0 Å². The van der Waals surface area contributed by atoms with Crippen molar-refractivity contribution in [1.82, 2.24) is 0 Å². The Bertz CT molecular complexity index is 909. The Kier molecular flexibility index (Phi) is 9.71.